The molecule has 1 atom stereocenters. The van der Waals surface area contributed by atoms with Gasteiger partial charge in [0.15, 0.2) is 0 Å². The number of halogens is 2. The van der Waals surface area contributed by atoms with E-state index in [1.807, 2.05) is 14.0 Å². The van der Waals surface area contributed by atoms with Crippen LogP contribution in [-0.2, 0) is 13.5 Å². The van der Waals surface area contributed by atoms with Gasteiger partial charge in [-0.05, 0) is 65.2 Å². The number of nitrogens with zero attached hydrogens (tertiary/aromatic N) is 3. The van der Waals surface area contributed by atoms with Gasteiger partial charge in [-0.2, -0.15) is 5.10 Å². The number of imide groups is 1. The van der Waals surface area contributed by atoms with Crippen LogP contribution in [0.25, 0.3) is 11.3 Å². The number of hydrogen-bond acceptors (Lipinski definition) is 5. The van der Waals surface area contributed by atoms with Gasteiger partial charge in [0, 0.05) is 24.0 Å². The largest absolute Gasteiger partial charge is 0.346 e. The summed E-state index contributed by atoms with van der Waals surface area (Å²) in [4.78, 5) is 41.9. The Morgan fingerprint density at radius 2 is 1.78 bits per heavy atom. The van der Waals surface area contributed by atoms with Crippen molar-refractivity contribution >= 4 is 45.0 Å². The summed E-state index contributed by atoms with van der Waals surface area (Å²) in [5, 5.41) is 7.23. The summed E-state index contributed by atoms with van der Waals surface area (Å²) in [5.41, 5.74) is 3.05. The van der Waals surface area contributed by atoms with Crippen molar-refractivity contribution in [1.82, 2.24) is 20.0 Å². The van der Waals surface area contributed by atoms with Crippen molar-refractivity contribution in [2.24, 2.45) is 7.05 Å². The van der Waals surface area contributed by atoms with Crippen molar-refractivity contribution in [3.8, 4) is 11.3 Å². The first-order valence-electron chi connectivity index (χ1n) is 11.5. The lowest BCUT2D eigenvalue weighted by molar-refractivity contribution is 0.0629. The fourth-order valence-electron chi connectivity index (χ4n) is 4.53. The van der Waals surface area contributed by atoms with Crippen LogP contribution in [-0.4, -0.2) is 45.0 Å². The van der Waals surface area contributed by atoms with Crippen molar-refractivity contribution in [2.45, 2.75) is 19.4 Å². The van der Waals surface area contributed by atoms with Gasteiger partial charge in [0.05, 0.1) is 38.4 Å². The topological polar surface area (TPSA) is 84.3 Å². The van der Waals surface area contributed by atoms with Crippen LogP contribution in [0.5, 0.6) is 0 Å². The number of aromatic nitrogens is 2. The maximum absolute atomic E-state index is 13.9. The SMILES string of the molecule is Cc1sc(C(=O)N[C@@H](Cc2cccc(F)c2)CN2C(=O)c3ccccc3C2=O)cc1-c1c(Br)cnn1C. The third kappa shape index (κ3) is 4.86. The first-order chi connectivity index (χ1) is 17.7. The van der Waals surface area contributed by atoms with Crippen LogP contribution >= 0.6 is 27.3 Å². The van der Waals surface area contributed by atoms with Crippen LogP contribution in [0.4, 0.5) is 4.39 Å². The maximum Gasteiger partial charge on any atom is 0.261 e. The summed E-state index contributed by atoms with van der Waals surface area (Å²) in [5.74, 6) is -1.55. The summed E-state index contributed by atoms with van der Waals surface area (Å²) in [6.45, 7) is 1.89. The molecule has 188 valence electrons. The van der Waals surface area contributed by atoms with Gasteiger partial charge in [0.25, 0.3) is 17.7 Å². The van der Waals surface area contributed by atoms with Gasteiger partial charge in [-0.3, -0.25) is 24.0 Å². The fourth-order valence-corrected chi connectivity index (χ4v) is 6.02. The molecule has 3 amide bonds. The molecule has 3 heterocycles. The van der Waals surface area contributed by atoms with Crippen LogP contribution in [0.15, 0.2) is 65.3 Å². The Morgan fingerprint density at radius 3 is 2.41 bits per heavy atom. The number of rotatable bonds is 7. The molecular formula is C27H22BrFN4O3S. The number of carbonyl (C=O) groups is 3. The Morgan fingerprint density at radius 1 is 1.08 bits per heavy atom. The van der Waals surface area contributed by atoms with E-state index in [1.54, 1.807) is 53.3 Å². The highest BCUT2D eigenvalue weighted by atomic mass is 79.9. The highest BCUT2D eigenvalue weighted by Gasteiger charge is 2.36. The Hall–Kier alpha value is -3.63. The lowest BCUT2D eigenvalue weighted by Crippen LogP contribution is -2.46. The molecule has 2 aromatic heterocycles. The minimum atomic E-state index is -0.634. The van der Waals surface area contributed by atoms with E-state index in [1.165, 1.54) is 23.5 Å². The molecule has 37 heavy (non-hydrogen) atoms. The normalized spacial score (nSPS) is 13.7. The van der Waals surface area contributed by atoms with E-state index in [2.05, 4.69) is 26.3 Å². The average molecular weight is 581 g/mol. The number of hydrogen-bond donors (Lipinski definition) is 1. The van der Waals surface area contributed by atoms with Gasteiger partial charge in [-0.25, -0.2) is 4.39 Å². The second kappa shape index (κ2) is 10.0. The van der Waals surface area contributed by atoms with E-state index in [4.69, 9.17) is 0 Å². The number of thiophene rings is 1. The van der Waals surface area contributed by atoms with Gasteiger partial charge in [-0.15, -0.1) is 11.3 Å². The van der Waals surface area contributed by atoms with Gasteiger partial charge in [-0.1, -0.05) is 24.3 Å². The van der Waals surface area contributed by atoms with Crippen LogP contribution in [0, 0.1) is 12.7 Å². The minimum Gasteiger partial charge on any atom is -0.346 e. The monoisotopic (exact) mass is 580 g/mol. The van der Waals surface area contributed by atoms with E-state index in [0.717, 1.165) is 25.5 Å². The molecule has 0 fully saturated rings. The van der Waals surface area contributed by atoms with E-state index in [0.29, 0.717) is 21.6 Å². The lowest BCUT2D eigenvalue weighted by Gasteiger charge is -2.24. The minimum absolute atomic E-state index is 0.0426. The molecule has 0 spiro atoms. The molecule has 0 unspecified atom stereocenters. The van der Waals surface area contributed by atoms with Gasteiger partial charge < -0.3 is 5.32 Å². The summed E-state index contributed by atoms with van der Waals surface area (Å²) in [7, 11) is 1.83. The Bertz CT molecular complexity index is 1490. The maximum atomic E-state index is 13.9. The number of aryl methyl sites for hydroxylation is 2. The number of amides is 3. The average Bonchev–Trinajstić information content (AvgIpc) is 3.48. The Labute approximate surface area is 225 Å². The fraction of sp³-hybridized carbons (Fsp3) is 0.185. The van der Waals surface area contributed by atoms with Crippen molar-refractivity contribution in [2.75, 3.05) is 6.54 Å². The highest BCUT2D eigenvalue weighted by molar-refractivity contribution is 9.10. The van der Waals surface area contributed by atoms with Crippen molar-refractivity contribution in [1.29, 1.82) is 0 Å². The summed E-state index contributed by atoms with van der Waals surface area (Å²) in [6.07, 6.45) is 1.94. The zero-order valence-electron chi connectivity index (χ0n) is 20.0. The molecule has 1 N–H and O–H groups in total. The molecule has 4 aromatic rings. The molecule has 7 nitrogen and oxygen atoms in total. The standard InChI is InChI=1S/C27H22BrFN4O3S/c1-15-21(24-22(28)13-30-32(24)2)12-23(37-15)25(34)31-18(11-16-6-5-7-17(29)10-16)14-33-26(35)19-8-3-4-9-20(19)27(33)36/h3-10,12-13,18H,11,14H2,1-2H3,(H,31,34)/t18-/m0/s1. The van der Waals surface area contributed by atoms with Crippen LogP contribution in [0.1, 0.15) is 40.8 Å². The smallest absolute Gasteiger partial charge is 0.261 e. The molecule has 0 bridgehead atoms. The molecular weight excluding hydrogens is 559 g/mol. The summed E-state index contributed by atoms with van der Waals surface area (Å²) >= 11 is 4.85. The van der Waals surface area contributed by atoms with Crippen LogP contribution in [0.3, 0.4) is 0 Å². The zero-order chi connectivity index (χ0) is 26.3. The molecule has 0 radical (unpaired) electrons. The molecule has 10 heteroatoms. The van der Waals surface area contributed by atoms with Crippen molar-refractivity contribution in [3.63, 3.8) is 0 Å². The predicted molar refractivity (Wildman–Crippen MR) is 142 cm³/mol. The van der Waals surface area contributed by atoms with Crippen LogP contribution in [0.2, 0.25) is 0 Å². The van der Waals surface area contributed by atoms with E-state index in [-0.39, 0.29) is 18.9 Å². The quantitative estimate of drug-likeness (QED) is 0.312. The Balaban J connectivity index is 1.42. The molecule has 5 rings (SSSR count). The lowest BCUT2D eigenvalue weighted by atomic mass is 10.0. The summed E-state index contributed by atoms with van der Waals surface area (Å²) in [6, 6.07) is 13.9. The molecule has 0 aliphatic carbocycles. The van der Waals surface area contributed by atoms with E-state index >= 15 is 0 Å². The third-order valence-corrected chi connectivity index (χ3v) is 7.91. The predicted octanol–water partition coefficient (Wildman–Crippen LogP) is 5.00. The second-order valence-electron chi connectivity index (χ2n) is 8.82. The van der Waals surface area contributed by atoms with Gasteiger partial charge >= 0.3 is 0 Å². The van der Waals surface area contributed by atoms with Gasteiger partial charge in [0.2, 0.25) is 0 Å². The molecule has 1 aliphatic rings. The first kappa shape index (κ1) is 25.0. The number of benzene rings is 2. The third-order valence-electron chi connectivity index (χ3n) is 6.28. The van der Waals surface area contributed by atoms with Crippen molar-refractivity contribution in [3.05, 3.63) is 97.5 Å². The second-order valence-corrected chi connectivity index (χ2v) is 10.9. The van der Waals surface area contributed by atoms with Crippen molar-refractivity contribution < 1.29 is 18.8 Å². The van der Waals surface area contributed by atoms with Crippen LogP contribution < -0.4 is 5.32 Å². The highest BCUT2D eigenvalue weighted by Crippen LogP contribution is 2.35. The summed E-state index contributed by atoms with van der Waals surface area (Å²) < 4.78 is 16.4. The zero-order valence-corrected chi connectivity index (χ0v) is 22.4. The Kier molecular flexibility index (Phi) is 6.78. The first-order valence-corrected chi connectivity index (χ1v) is 13.1. The number of fused-ring (bicyclic) bond motifs is 1. The molecule has 0 saturated carbocycles. The van der Waals surface area contributed by atoms with E-state index in [9.17, 15) is 18.8 Å². The number of nitrogens with one attached hydrogen (secondary N) is 1. The number of carbonyl (C=O) groups excluding carboxylic acids is 3. The van der Waals surface area contributed by atoms with Gasteiger partial charge in [0.1, 0.15) is 5.82 Å². The molecule has 1 aliphatic heterocycles. The molecule has 2 aromatic carbocycles. The molecule has 0 saturated heterocycles. The van der Waals surface area contributed by atoms with E-state index < -0.39 is 23.7 Å².